The maximum absolute atomic E-state index is 4.77. The summed E-state index contributed by atoms with van der Waals surface area (Å²) in [5.41, 5.74) is 2.41. The highest BCUT2D eigenvalue weighted by atomic mass is 15.2. The van der Waals surface area contributed by atoms with Crippen LogP contribution < -0.4 is 4.90 Å². The van der Waals surface area contributed by atoms with E-state index in [1.54, 1.807) is 0 Å². The molecule has 1 aromatic carbocycles. The molecule has 1 aliphatic rings. The van der Waals surface area contributed by atoms with Crippen LogP contribution in [0.5, 0.6) is 0 Å². The molecule has 0 saturated carbocycles. The van der Waals surface area contributed by atoms with Crippen molar-refractivity contribution in [1.29, 1.82) is 0 Å². The summed E-state index contributed by atoms with van der Waals surface area (Å²) in [6.07, 6.45) is 3.96. The summed E-state index contributed by atoms with van der Waals surface area (Å²) in [5.74, 6) is 1.14. The Morgan fingerprint density at radius 1 is 1.00 bits per heavy atom. The van der Waals surface area contributed by atoms with E-state index >= 15 is 0 Å². The fourth-order valence-corrected chi connectivity index (χ4v) is 2.53. The topological polar surface area (TPSA) is 16.1 Å². The van der Waals surface area contributed by atoms with Crippen molar-refractivity contribution >= 4 is 16.7 Å². The maximum Gasteiger partial charge on any atom is 0.129 e. The third kappa shape index (κ3) is 2.12. The van der Waals surface area contributed by atoms with E-state index in [2.05, 4.69) is 42.2 Å². The molecule has 0 aliphatic carbocycles. The van der Waals surface area contributed by atoms with Crippen LogP contribution in [-0.4, -0.2) is 18.1 Å². The van der Waals surface area contributed by atoms with Crippen LogP contribution in [0, 0.1) is 6.92 Å². The molecule has 0 spiro atoms. The Morgan fingerprint density at radius 2 is 1.82 bits per heavy atom. The Kier molecular flexibility index (Phi) is 2.71. The Bertz CT molecular complexity index is 527. The van der Waals surface area contributed by atoms with Gasteiger partial charge in [0.25, 0.3) is 0 Å². The number of fused-ring (bicyclic) bond motifs is 1. The molecule has 0 unspecified atom stereocenters. The van der Waals surface area contributed by atoms with Crippen LogP contribution in [0.2, 0.25) is 0 Å². The second-order valence-corrected chi connectivity index (χ2v) is 4.91. The first-order chi connectivity index (χ1) is 8.33. The van der Waals surface area contributed by atoms with Crippen LogP contribution in [0.4, 0.5) is 5.82 Å². The van der Waals surface area contributed by atoms with Gasteiger partial charge in [-0.3, -0.25) is 0 Å². The van der Waals surface area contributed by atoms with Crippen molar-refractivity contribution < 1.29 is 0 Å². The summed E-state index contributed by atoms with van der Waals surface area (Å²) >= 11 is 0. The molecule has 0 atom stereocenters. The number of hydrogen-bond donors (Lipinski definition) is 0. The van der Waals surface area contributed by atoms with Gasteiger partial charge in [0.05, 0.1) is 5.52 Å². The second-order valence-electron chi connectivity index (χ2n) is 4.91. The summed E-state index contributed by atoms with van der Waals surface area (Å²) in [4.78, 5) is 7.17. The van der Waals surface area contributed by atoms with E-state index in [0.29, 0.717) is 0 Å². The second kappa shape index (κ2) is 4.36. The lowest BCUT2D eigenvalue weighted by Crippen LogP contribution is -2.30. The zero-order chi connectivity index (χ0) is 11.7. The lowest BCUT2D eigenvalue weighted by atomic mass is 10.1. The molecule has 0 radical (unpaired) electrons. The molecule has 2 heteroatoms. The molecule has 0 bridgehead atoms. The molecule has 0 N–H and O–H groups in total. The molecule has 17 heavy (non-hydrogen) atoms. The lowest BCUT2D eigenvalue weighted by Gasteiger charge is -2.27. The van der Waals surface area contributed by atoms with Crippen molar-refractivity contribution in [3.63, 3.8) is 0 Å². The normalized spacial score (nSPS) is 16.4. The quantitative estimate of drug-likeness (QED) is 0.739. The zero-order valence-corrected chi connectivity index (χ0v) is 10.3. The Hall–Kier alpha value is -1.57. The first-order valence-corrected chi connectivity index (χ1v) is 6.45. The van der Waals surface area contributed by atoms with Crippen LogP contribution in [0.3, 0.4) is 0 Å². The van der Waals surface area contributed by atoms with E-state index in [0.717, 1.165) is 24.4 Å². The first-order valence-electron chi connectivity index (χ1n) is 6.45. The molecular formula is C15H18N2. The van der Waals surface area contributed by atoms with Gasteiger partial charge >= 0.3 is 0 Å². The summed E-state index contributed by atoms with van der Waals surface area (Å²) in [6, 6.07) is 10.8. The largest absolute Gasteiger partial charge is 0.357 e. The fourth-order valence-electron chi connectivity index (χ4n) is 2.53. The average Bonchev–Trinajstić information content (AvgIpc) is 2.39. The third-order valence-electron chi connectivity index (χ3n) is 3.51. The Balaban J connectivity index is 1.98. The van der Waals surface area contributed by atoms with Gasteiger partial charge in [0.2, 0.25) is 0 Å². The highest BCUT2D eigenvalue weighted by molar-refractivity contribution is 5.81. The number of pyridine rings is 1. The molecule has 1 aromatic heterocycles. The van der Waals surface area contributed by atoms with Crippen molar-refractivity contribution in [3.8, 4) is 0 Å². The number of aromatic nitrogens is 1. The average molecular weight is 226 g/mol. The summed E-state index contributed by atoms with van der Waals surface area (Å²) in [6.45, 7) is 4.44. The van der Waals surface area contributed by atoms with Gasteiger partial charge in [-0.25, -0.2) is 4.98 Å². The van der Waals surface area contributed by atoms with Crippen LogP contribution in [0.25, 0.3) is 10.9 Å². The maximum atomic E-state index is 4.77. The number of anilines is 1. The smallest absolute Gasteiger partial charge is 0.129 e. The molecule has 1 fully saturated rings. The monoisotopic (exact) mass is 226 g/mol. The van der Waals surface area contributed by atoms with Crippen molar-refractivity contribution in [2.75, 3.05) is 18.0 Å². The van der Waals surface area contributed by atoms with Gasteiger partial charge in [-0.05, 0) is 50.5 Å². The molecule has 1 aliphatic heterocycles. The number of piperidine rings is 1. The minimum absolute atomic E-state index is 1.11. The van der Waals surface area contributed by atoms with E-state index < -0.39 is 0 Å². The molecule has 2 aromatic rings. The molecular weight excluding hydrogens is 208 g/mol. The lowest BCUT2D eigenvalue weighted by molar-refractivity contribution is 0.574. The van der Waals surface area contributed by atoms with E-state index in [1.165, 1.54) is 30.2 Å². The minimum atomic E-state index is 1.11. The van der Waals surface area contributed by atoms with Gasteiger partial charge < -0.3 is 4.90 Å². The van der Waals surface area contributed by atoms with Crippen molar-refractivity contribution in [3.05, 3.63) is 35.9 Å². The molecule has 1 saturated heterocycles. The number of benzene rings is 1. The molecule has 3 rings (SSSR count). The third-order valence-corrected chi connectivity index (χ3v) is 3.51. The predicted octanol–water partition coefficient (Wildman–Crippen LogP) is 3.53. The predicted molar refractivity (Wildman–Crippen MR) is 72.5 cm³/mol. The number of aryl methyl sites for hydroxylation is 1. The van der Waals surface area contributed by atoms with E-state index in [4.69, 9.17) is 4.98 Å². The molecule has 0 amide bonds. The van der Waals surface area contributed by atoms with Crippen molar-refractivity contribution in [1.82, 2.24) is 4.98 Å². The minimum Gasteiger partial charge on any atom is -0.357 e. The van der Waals surface area contributed by atoms with Gasteiger partial charge in [-0.15, -0.1) is 0 Å². The van der Waals surface area contributed by atoms with Crippen LogP contribution in [0.15, 0.2) is 30.3 Å². The summed E-state index contributed by atoms with van der Waals surface area (Å²) in [7, 11) is 0. The zero-order valence-electron chi connectivity index (χ0n) is 10.3. The SMILES string of the molecule is Cc1ccc2nc(N3CCCCC3)ccc2c1. The standard InChI is InChI=1S/C15H18N2/c1-12-5-7-14-13(11-12)6-8-15(16-14)17-9-3-2-4-10-17/h5-8,11H,2-4,9-10H2,1H3. The highest BCUT2D eigenvalue weighted by Gasteiger charge is 2.12. The summed E-state index contributed by atoms with van der Waals surface area (Å²) < 4.78 is 0. The number of hydrogen-bond acceptors (Lipinski definition) is 2. The fraction of sp³-hybridized carbons (Fsp3) is 0.400. The van der Waals surface area contributed by atoms with Crippen LogP contribution in [-0.2, 0) is 0 Å². The molecule has 2 heterocycles. The van der Waals surface area contributed by atoms with E-state index in [-0.39, 0.29) is 0 Å². The highest BCUT2D eigenvalue weighted by Crippen LogP contribution is 2.21. The van der Waals surface area contributed by atoms with Crippen molar-refractivity contribution in [2.24, 2.45) is 0 Å². The van der Waals surface area contributed by atoms with E-state index in [9.17, 15) is 0 Å². The number of rotatable bonds is 1. The van der Waals surface area contributed by atoms with Gasteiger partial charge in [-0.1, -0.05) is 11.6 Å². The van der Waals surface area contributed by atoms with Gasteiger partial charge in [-0.2, -0.15) is 0 Å². The van der Waals surface area contributed by atoms with Gasteiger partial charge in [0.1, 0.15) is 5.82 Å². The summed E-state index contributed by atoms with van der Waals surface area (Å²) in [5, 5.41) is 1.24. The van der Waals surface area contributed by atoms with Gasteiger partial charge in [0, 0.05) is 18.5 Å². The molecule has 88 valence electrons. The Labute approximate surface area is 102 Å². The van der Waals surface area contributed by atoms with Gasteiger partial charge in [0.15, 0.2) is 0 Å². The van der Waals surface area contributed by atoms with Crippen molar-refractivity contribution in [2.45, 2.75) is 26.2 Å². The van der Waals surface area contributed by atoms with Crippen LogP contribution in [0.1, 0.15) is 24.8 Å². The Morgan fingerprint density at radius 3 is 2.65 bits per heavy atom. The number of nitrogens with zero attached hydrogens (tertiary/aromatic N) is 2. The molecule has 2 nitrogen and oxygen atoms in total. The van der Waals surface area contributed by atoms with Crippen LogP contribution >= 0.6 is 0 Å². The van der Waals surface area contributed by atoms with E-state index in [1.807, 2.05) is 0 Å². The first kappa shape index (κ1) is 10.6.